The first-order chi connectivity index (χ1) is 10.5. The van der Waals surface area contributed by atoms with Crippen LogP contribution in [-0.2, 0) is 9.53 Å². The van der Waals surface area contributed by atoms with Crippen molar-refractivity contribution in [1.29, 1.82) is 0 Å². The highest BCUT2D eigenvalue weighted by Gasteiger charge is 2.17. The van der Waals surface area contributed by atoms with Crippen molar-refractivity contribution in [3.63, 3.8) is 0 Å². The first-order valence-corrected chi connectivity index (χ1v) is 8.64. The summed E-state index contributed by atoms with van der Waals surface area (Å²) in [6.45, 7) is 6.12. The Kier molecular flexibility index (Phi) is 5.79. The molecule has 0 aliphatic carbocycles. The SMILES string of the molecule is COC(=O)[C@H](C)Sc1nnc(Nc2ccc(C(C)C)cc2)s1. The maximum Gasteiger partial charge on any atom is 0.318 e. The Labute approximate surface area is 138 Å². The van der Waals surface area contributed by atoms with E-state index in [0.717, 1.165) is 10.0 Å². The Morgan fingerprint density at radius 1 is 1.23 bits per heavy atom. The van der Waals surface area contributed by atoms with E-state index in [-0.39, 0.29) is 11.2 Å². The van der Waals surface area contributed by atoms with Crippen LogP contribution in [0.4, 0.5) is 10.8 Å². The van der Waals surface area contributed by atoms with Crippen molar-refractivity contribution in [2.75, 3.05) is 12.4 Å². The minimum absolute atomic E-state index is 0.265. The van der Waals surface area contributed by atoms with Gasteiger partial charge in [0.15, 0.2) is 4.34 Å². The normalized spacial score (nSPS) is 12.2. The van der Waals surface area contributed by atoms with Crippen molar-refractivity contribution in [1.82, 2.24) is 10.2 Å². The lowest BCUT2D eigenvalue weighted by Gasteiger charge is -2.07. The van der Waals surface area contributed by atoms with Crippen LogP contribution < -0.4 is 5.32 Å². The van der Waals surface area contributed by atoms with Gasteiger partial charge in [0.25, 0.3) is 0 Å². The van der Waals surface area contributed by atoms with Crippen LogP contribution in [0.25, 0.3) is 0 Å². The molecule has 1 atom stereocenters. The summed E-state index contributed by atoms with van der Waals surface area (Å²) in [5.41, 5.74) is 2.27. The van der Waals surface area contributed by atoms with E-state index in [2.05, 4.69) is 41.5 Å². The second-order valence-corrected chi connectivity index (χ2v) is 7.62. The summed E-state index contributed by atoms with van der Waals surface area (Å²) in [5.74, 6) is 0.248. The molecule has 2 aromatic rings. The number of hydrogen-bond donors (Lipinski definition) is 1. The number of rotatable bonds is 6. The average Bonchev–Trinajstić information content (AvgIpc) is 2.93. The van der Waals surface area contributed by atoms with E-state index in [0.29, 0.717) is 11.0 Å². The molecule has 0 radical (unpaired) electrons. The highest BCUT2D eigenvalue weighted by atomic mass is 32.2. The van der Waals surface area contributed by atoms with Crippen molar-refractivity contribution in [3.8, 4) is 0 Å². The van der Waals surface area contributed by atoms with Crippen LogP contribution in [0.15, 0.2) is 28.6 Å². The molecule has 0 fully saturated rings. The zero-order chi connectivity index (χ0) is 16.1. The minimum atomic E-state index is -0.295. The van der Waals surface area contributed by atoms with Gasteiger partial charge in [-0.3, -0.25) is 4.79 Å². The lowest BCUT2D eigenvalue weighted by atomic mass is 10.0. The number of nitrogens with one attached hydrogen (secondary N) is 1. The van der Waals surface area contributed by atoms with Crippen molar-refractivity contribution < 1.29 is 9.53 Å². The van der Waals surface area contributed by atoms with E-state index in [1.807, 2.05) is 12.1 Å². The van der Waals surface area contributed by atoms with Crippen molar-refractivity contribution in [2.45, 2.75) is 36.3 Å². The van der Waals surface area contributed by atoms with Gasteiger partial charge in [-0.25, -0.2) is 0 Å². The highest BCUT2D eigenvalue weighted by Crippen LogP contribution is 2.31. The number of thioether (sulfide) groups is 1. The summed E-state index contributed by atoms with van der Waals surface area (Å²) >= 11 is 2.76. The number of carbonyl (C=O) groups is 1. The van der Waals surface area contributed by atoms with Gasteiger partial charge in [0.05, 0.1) is 7.11 Å². The molecule has 2 rings (SSSR count). The van der Waals surface area contributed by atoms with Gasteiger partial charge in [-0.1, -0.05) is 49.1 Å². The Hall–Kier alpha value is -1.60. The van der Waals surface area contributed by atoms with Crippen LogP contribution in [0.1, 0.15) is 32.3 Å². The van der Waals surface area contributed by atoms with Gasteiger partial charge in [0.2, 0.25) is 5.13 Å². The van der Waals surface area contributed by atoms with Crippen LogP contribution in [0, 0.1) is 0 Å². The first kappa shape index (κ1) is 16.8. The van der Waals surface area contributed by atoms with Crippen LogP contribution in [0.2, 0.25) is 0 Å². The number of benzene rings is 1. The molecule has 1 aromatic carbocycles. The molecule has 1 N–H and O–H groups in total. The average molecular weight is 337 g/mol. The molecule has 7 heteroatoms. The van der Waals surface area contributed by atoms with Gasteiger partial charge < -0.3 is 10.1 Å². The lowest BCUT2D eigenvalue weighted by molar-refractivity contribution is -0.139. The third kappa shape index (κ3) is 4.45. The second-order valence-electron chi connectivity index (χ2n) is 5.06. The second kappa shape index (κ2) is 7.60. The number of nitrogens with zero attached hydrogens (tertiary/aromatic N) is 2. The Morgan fingerprint density at radius 2 is 1.91 bits per heavy atom. The van der Waals surface area contributed by atoms with Gasteiger partial charge in [-0.2, -0.15) is 0 Å². The molecule has 0 spiro atoms. The van der Waals surface area contributed by atoms with E-state index >= 15 is 0 Å². The molecule has 0 bridgehead atoms. The number of aromatic nitrogens is 2. The molecular weight excluding hydrogens is 318 g/mol. The van der Waals surface area contributed by atoms with Crippen molar-refractivity contribution in [3.05, 3.63) is 29.8 Å². The molecule has 22 heavy (non-hydrogen) atoms. The van der Waals surface area contributed by atoms with Crippen LogP contribution in [-0.4, -0.2) is 28.5 Å². The topological polar surface area (TPSA) is 64.1 Å². The molecule has 5 nitrogen and oxygen atoms in total. The third-order valence-corrected chi connectivity index (χ3v) is 5.05. The summed E-state index contributed by atoms with van der Waals surface area (Å²) in [6, 6.07) is 8.26. The lowest BCUT2D eigenvalue weighted by Crippen LogP contribution is -2.14. The molecule has 0 saturated carbocycles. The monoisotopic (exact) mass is 337 g/mol. The van der Waals surface area contributed by atoms with E-state index in [1.54, 1.807) is 6.92 Å². The number of hydrogen-bond acceptors (Lipinski definition) is 7. The van der Waals surface area contributed by atoms with Gasteiger partial charge in [-0.15, -0.1) is 10.2 Å². The molecule has 1 aromatic heterocycles. The Morgan fingerprint density at radius 3 is 2.50 bits per heavy atom. The molecule has 118 valence electrons. The molecule has 1 heterocycles. The minimum Gasteiger partial charge on any atom is -0.468 e. The number of anilines is 2. The standard InChI is InChI=1S/C15H19N3O2S2/c1-9(2)11-5-7-12(8-6-11)16-14-17-18-15(22-14)21-10(3)13(19)20-4/h5-10H,1-4H3,(H,16,17)/t10-/m0/s1. The predicted molar refractivity (Wildman–Crippen MR) is 91.1 cm³/mol. The van der Waals surface area contributed by atoms with Gasteiger partial charge >= 0.3 is 5.97 Å². The predicted octanol–water partition coefficient (Wildman–Crippen LogP) is 4.06. The first-order valence-electron chi connectivity index (χ1n) is 6.94. The van der Waals surface area contributed by atoms with Crippen molar-refractivity contribution >= 4 is 39.9 Å². The molecule has 0 aliphatic heterocycles. The number of ether oxygens (including phenoxy) is 1. The van der Waals surface area contributed by atoms with E-state index in [1.165, 1.54) is 35.8 Å². The highest BCUT2D eigenvalue weighted by molar-refractivity contribution is 8.02. The van der Waals surface area contributed by atoms with E-state index in [4.69, 9.17) is 4.74 Å². The maximum atomic E-state index is 11.4. The fraction of sp³-hybridized carbons (Fsp3) is 0.400. The summed E-state index contributed by atoms with van der Waals surface area (Å²) < 4.78 is 5.43. The molecule has 0 aliphatic rings. The largest absolute Gasteiger partial charge is 0.468 e. The summed E-state index contributed by atoms with van der Waals surface area (Å²) in [5, 5.41) is 11.8. The zero-order valence-corrected chi connectivity index (χ0v) is 14.6. The van der Waals surface area contributed by atoms with Gasteiger partial charge in [-0.05, 0) is 30.5 Å². The van der Waals surface area contributed by atoms with E-state index in [9.17, 15) is 4.79 Å². The summed E-state index contributed by atoms with van der Waals surface area (Å²) in [6.07, 6.45) is 0. The smallest absolute Gasteiger partial charge is 0.318 e. The summed E-state index contributed by atoms with van der Waals surface area (Å²) in [4.78, 5) is 11.4. The third-order valence-electron chi connectivity index (χ3n) is 3.05. The Bertz CT molecular complexity index is 626. The fourth-order valence-corrected chi connectivity index (χ4v) is 3.69. The van der Waals surface area contributed by atoms with Crippen LogP contribution in [0.3, 0.4) is 0 Å². The number of methoxy groups -OCH3 is 1. The molecular formula is C15H19N3O2S2. The summed E-state index contributed by atoms with van der Waals surface area (Å²) in [7, 11) is 1.38. The number of carbonyl (C=O) groups excluding carboxylic acids is 1. The Balaban J connectivity index is 1.98. The fourth-order valence-electron chi connectivity index (χ4n) is 1.75. The number of esters is 1. The van der Waals surface area contributed by atoms with E-state index < -0.39 is 0 Å². The van der Waals surface area contributed by atoms with Crippen LogP contribution >= 0.6 is 23.1 Å². The zero-order valence-electron chi connectivity index (χ0n) is 13.0. The molecule has 0 amide bonds. The van der Waals surface area contributed by atoms with Crippen LogP contribution in [0.5, 0.6) is 0 Å². The molecule has 0 unspecified atom stereocenters. The van der Waals surface area contributed by atoms with Gasteiger partial charge in [0.1, 0.15) is 5.25 Å². The molecule has 0 saturated heterocycles. The van der Waals surface area contributed by atoms with Gasteiger partial charge in [0, 0.05) is 5.69 Å². The maximum absolute atomic E-state index is 11.4. The van der Waals surface area contributed by atoms with Crippen molar-refractivity contribution in [2.24, 2.45) is 0 Å². The quantitative estimate of drug-likeness (QED) is 0.633.